The van der Waals surface area contributed by atoms with Crippen LogP contribution in [0.4, 0.5) is 0 Å². The third-order valence-corrected chi connectivity index (χ3v) is 7.25. The second-order valence-corrected chi connectivity index (χ2v) is 9.60. The monoisotopic (exact) mass is 558 g/mol. The molecular formula is C33H34O8. The van der Waals surface area contributed by atoms with Gasteiger partial charge in [-0.3, -0.25) is 4.79 Å². The zero-order chi connectivity index (χ0) is 29.5. The summed E-state index contributed by atoms with van der Waals surface area (Å²) in [5.41, 5.74) is 2.35. The lowest BCUT2D eigenvalue weighted by Gasteiger charge is -2.34. The fraction of sp³-hybridized carbons (Fsp3) is 0.242. The van der Waals surface area contributed by atoms with E-state index in [1.165, 1.54) is 32.4 Å². The molecule has 1 aliphatic rings. The molecule has 0 aromatic heterocycles. The average molecular weight is 559 g/mol. The normalized spacial score (nSPS) is 18.7. The van der Waals surface area contributed by atoms with Crippen LogP contribution in [0, 0.1) is 5.92 Å². The largest absolute Gasteiger partial charge is 0.508 e. The highest BCUT2D eigenvalue weighted by Crippen LogP contribution is 2.46. The van der Waals surface area contributed by atoms with Crippen LogP contribution in [0.15, 0.2) is 84.7 Å². The van der Waals surface area contributed by atoms with Gasteiger partial charge in [-0.25, -0.2) is 0 Å². The molecule has 0 aliphatic heterocycles. The van der Waals surface area contributed by atoms with Crippen LogP contribution in [0.3, 0.4) is 0 Å². The Kier molecular flexibility index (Phi) is 9.24. The first-order chi connectivity index (χ1) is 19.8. The van der Waals surface area contributed by atoms with Gasteiger partial charge < -0.3 is 34.3 Å². The zero-order valence-electron chi connectivity index (χ0n) is 23.4. The van der Waals surface area contributed by atoms with E-state index < -0.39 is 5.92 Å². The van der Waals surface area contributed by atoms with Gasteiger partial charge in [-0.2, -0.15) is 0 Å². The quantitative estimate of drug-likeness (QED) is 0.115. The van der Waals surface area contributed by atoms with E-state index in [-0.39, 0.29) is 34.9 Å². The number of phenolic OH excluding ortho intramolecular Hbond substituents is 2. The number of carbonyl (C=O) groups excluding carboxylic acids is 1. The maximum atomic E-state index is 13.9. The molecule has 3 aromatic rings. The van der Waals surface area contributed by atoms with Gasteiger partial charge in [0.15, 0.2) is 40.3 Å². The number of aliphatic hydroxyl groups is 1. The zero-order valence-corrected chi connectivity index (χ0v) is 23.4. The number of aromatic hydroxyl groups is 2. The van der Waals surface area contributed by atoms with Gasteiger partial charge in [0.2, 0.25) is 0 Å². The average Bonchev–Trinajstić information content (AvgIpc) is 3.00. The summed E-state index contributed by atoms with van der Waals surface area (Å²) < 4.78 is 21.4. The van der Waals surface area contributed by atoms with Crippen LogP contribution in [-0.4, -0.2) is 49.5 Å². The number of hydrogen-bond acceptors (Lipinski definition) is 8. The van der Waals surface area contributed by atoms with Gasteiger partial charge in [-0.05, 0) is 71.5 Å². The van der Waals surface area contributed by atoms with Crippen LogP contribution in [0.5, 0.6) is 34.5 Å². The predicted octanol–water partition coefficient (Wildman–Crippen LogP) is 6.30. The summed E-state index contributed by atoms with van der Waals surface area (Å²) in [6.45, 7) is 0. The minimum atomic E-state index is -0.586. The maximum Gasteiger partial charge on any atom is 0.163 e. The number of allylic oxidation sites excluding steroid dienone is 4. The van der Waals surface area contributed by atoms with Gasteiger partial charge in [0.25, 0.3) is 0 Å². The van der Waals surface area contributed by atoms with Crippen molar-refractivity contribution in [1.29, 1.82) is 0 Å². The SMILES string of the molecule is COc1cc(/C=C/C(O)=C/C(=O)[C@@H]2[C@@H](c3ccc(O)c(OC)c3)CC=C[C@H]2c2ccc(OC)c(OC)c2)ccc1O. The molecule has 0 radical (unpaired) electrons. The predicted molar refractivity (Wildman–Crippen MR) is 156 cm³/mol. The van der Waals surface area contributed by atoms with E-state index in [1.807, 2.05) is 24.3 Å². The molecule has 3 N–H and O–H groups in total. The van der Waals surface area contributed by atoms with E-state index in [4.69, 9.17) is 18.9 Å². The Hall–Kier alpha value is -4.85. The molecule has 0 saturated carbocycles. The maximum absolute atomic E-state index is 13.9. The van der Waals surface area contributed by atoms with Crippen molar-refractivity contribution in [2.75, 3.05) is 28.4 Å². The van der Waals surface area contributed by atoms with Crippen molar-refractivity contribution >= 4 is 11.9 Å². The van der Waals surface area contributed by atoms with E-state index in [0.29, 0.717) is 35.0 Å². The van der Waals surface area contributed by atoms with Gasteiger partial charge in [0.1, 0.15) is 5.76 Å². The summed E-state index contributed by atoms with van der Waals surface area (Å²) in [4.78, 5) is 13.9. The minimum absolute atomic E-state index is 0.00283. The summed E-state index contributed by atoms with van der Waals surface area (Å²) in [5.74, 6) is 0.0688. The number of rotatable bonds is 10. The number of ketones is 1. The van der Waals surface area contributed by atoms with E-state index in [1.54, 1.807) is 56.7 Å². The molecule has 0 fully saturated rings. The Balaban J connectivity index is 1.73. The van der Waals surface area contributed by atoms with Crippen LogP contribution in [-0.2, 0) is 4.79 Å². The fourth-order valence-corrected chi connectivity index (χ4v) is 5.18. The highest BCUT2D eigenvalue weighted by molar-refractivity contribution is 5.94. The Bertz CT molecular complexity index is 1490. The minimum Gasteiger partial charge on any atom is -0.508 e. The van der Waals surface area contributed by atoms with Crippen molar-refractivity contribution in [1.82, 2.24) is 0 Å². The summed E-state index contributed by atoms with van der Waals surface area (Å²) in [7, 11) is 6.05. The molecule has 0 saturated heterocycles. The second-order valence-electron chi connectivity index (χ2n) is 9.60. The second kappa shape index (κ2) is 13.0. The van der Waals surface area contributed by atoms with Gasteiger partial charge in [-0.1, -0.05) is 36.4 Å². The molecule has 3 aromatic carbocycles. The van der Waals surface area contributed by atoms with E-state index in [9.17, 15) is 20.1 Å². The summed E-state index contributed by atoms with van der Waals surface area (Å²) in [6, 6.07) is 15.4. The van der Waals surface area contributed by atoms with Gasteiger partial charge in [0, 0.05) is 17.9 Å². The van der Waals surface area contributed by atoms with E-state index in [0.717, 1.165) is 11.1 Å². The molecule has 8 nitrogen and oxygen atoms in total. The van der Waals surface area contributed by atoms with Gasteiger partial charge in [-0.15, -0.1) is 0 Å². The number of carbonyl (C=O) groups is 1. The molecule has 1 aliphatic carbocycles. The van der Waals surface area contributed by atoms with Crippen LogP contribution < -0.4 is 18.9 Å². The molecule has 8 heteroatoms. The number of hydrogen-bond donors (Lipinski definition) is 3. The smallest absolute Gasteiger partial charge is 0.163 e. The van der Waals surface area contributed by atoms with Crippen molar-refractivity contribution in [2.24, 2.45) is 5.92 Å². The number of aliphatic hydroxyl groups excluding tert-OH is 1. The summed E-state index contributed by atoms with van der Waals surface area (Å²) >= 11 is 0. The molecule has 0 heterocycles. The highest BCUT2D eigenvalue weighted by atomic mass is 16.5. The van der Waals surface area contributed by atoms with Gasteiger partial charge >= 0.3 is 0 Å². The van der Waals surface area contributed by atoms with Crippen LogP contribution in [0.2, 0.25) is 0 Å². The van der Waals surface area contributed by atoms with Gasteiger partial charge in [0.05, 0.1) is 28.4 Å². The van der Waals surface area contributed by atoms with Crippen LogP contribution in [0.1, 0.15) is 34.9 Å². The Morgan fingerprint density at radius 2 is 1.39 bits per heavy atom. The van der Waals surface area contributed by atoms with Crippen molar-refractivity contribution in [3.05, 3.63) is 101 Å². The van der Waals surface area contributed by atoms with Crippen molar-refractivity contribution < 1.29 is 39.1 Å². The Morgan fingerprint density at radius 1 is 0.780 bits per heavy atom. The lowest BCUT2D eigenvalue weighted by atomic mass is 9.68. The molecule has 3 atom stereocenters. The first kappa shape index (κ1) is 29.1. The number of phenols is 2. The van der Waals surface area contributed by atoms with Crippen molar-refractivity contribution in [2.45, 2.75) is 18.3 Å². The third kappa shape index (κ3) is 6.49. The Labute approximate surface area is 239 Å². The lowest BCUT2D eigenvalue weighted by molar-refractivity contribution is -0.119. The molecule has 0 unspecified atom stereocenters. The fourth-order valence-electron chi connectivity index (χ4n) is 5.18. The Morgan fingerprint density at radius 3 is 2.07 bits per heavy atom. The molecule has 0 amide bonds. The molecule has 214 valence electrons. The number of ether oxygens (including phenoxy) is 4. The van der Waals surface area contributed by atoms with Crippen LogP contribution >= 0.6 is 0 Å². The lowest BCUT2D eigenvalue weighted by Crippen LogP contribution is -2.29. The highest BCUT2D eigenvalue weighted by Gasteiger charge is 2.37. The summed E-state index contributed by atoms with van der Waals surface area (Å²) in [5, 5.41) is 30.7. The third-order valence-electron chi connectivity index (χ3n) is 7.25. The number of benzene rings is 3. The first-order valence-electron chi connectivity index (χ1n) is 13.0. The summed E-state index contributed by atoms with van der Waals surface area (Å²) in [6.07, 6.45) is 8.89. The standard InChI is InChI=1S/C33H34O8/c1-38-29-15-11-22(18-32(29)41-4)25-7-5-6-24(21-10-14-27(36)31(17-21)40-3)33(25)28(37)19-23(34)12-8-20-9-13-26(35)30(16-20)39-2/h5,7-19,24-25,33-36H,6H2,1-4H3/b12-8+,23-19-/t24-,25+,33-/m1/s1. The van der Waals surface area contributed by atoms with Crippen LogP contribution in [0.25, 0.3) is 6.08 Å². The molecule has 4 rings (SSSR count). The molecule has 41 heavy (non-hydrogen) atoms. The van der Waals surface area contributed by atoms with E-state index in [2.05, 4.69) is 0 Å². The van der Waals surface area contributed by atoms with Crippen molar-refractivity contribution in [3.63, 3.8) is 0 Å². The molecule has 0 bridgehead atoms. The molecule has 0 spiro atoms. The van der Waals surface area contributed by atoms with Crippen molar-refractivity contribution in [3.8, 4) is 34.5 Å². The van der Waals surface area contributed by atoms with E-state index >= 15 is 0 Å². The molecular weight excluding hydrogens is 524 g/mol. The first-order valence-corrected chi connectivity index (χ1v) is 13.0. The number of methoxy groups -OCH3 is 4. The topological polar surface area (TPSA) is 115 Å².